The highest BCUT2D eigenvalue weighted by atomic mass is 19.1. The zero-order valence-corrected chi connectivity index (χ0v) is 10.4. The number of hydrazine groups is 1. The molecule has 0 aliphatic carbocycles. The molecule has 0 bridgehead atoms. The summed E-state index contributed by atoms with van der Waals surface area (Å²) in [5.74, 6) is 5.27. The molecule has 0 atom stereocenters. The molecule has 3 aromatic rings. The quantitative estimate of drug-likeness (QED) is 0.554. The van der Waals surface area contributed by atoms with Crippen molar-refractivity contribution in [3.63, 3.8) is 0 Å². The second kappa shape index (κ2) is 4.86. The summed E-state index contributed by atoms with van der Waals surface area (Å²) in [6.45, 7) is 0. The van der Waals surface area contributed by atoms with E-state index >= 15 is 0 Å². The summed E-state index contributed by atoms with van der Waals surface area (Å²) in [6.07, 6.45) is 0. The molecule has 0 spiro atoms. The lowest BCUT2D eigenvalue weighted by Crippen LogP contribution is -2.10. The van der Waals surface area contributed by atoms with Crippen LogP contribution in [0.4, 0.5) is 14.6 Å². The third-order valence-corrected chi connectivity index (χ3v) is 3.07. The second-order valence-corrected chi connectivity index (χ2v) is 4.37. The van der Waals surface area contributed by atoms with Crippen molar-refractivity contribution >= 4 is 16.7 Å². The number of benzene rings is 2. The SMILES string of the molecule is NNc1nc2ccc(F)cc2cc1-c1ccc(F)cc1. The number of rotatable bonds is 2. The van der Waals surface area contributed by atoms with E-state index in [1.807, 2.05) is 0 Å². The first-order chi connectivity index (χ1) is 9.67. The minimum Gasteiger partial charge on any atom is -0.308 e. The van der Waals surface area contributed by atoms with Gasteiger partial charge in [-0.25, -0.2) is 19.6 Å². The maximum absolute atomic E-state index is 13.3. The lowest BCUT2D eigenvalue weighted by Gasteiger charge is -2.10. The number of nitrogen functional groups attached to an aromatic ring is 1. The van der Waals surface area contributed by atoms with Crippen LogP contribution in [-0.2, 0) is 0 Å². The van der Waals surface area contributed by atoms with Crippen molar-refractivity contribution in [3.8, 4) is 11.1 Å². The average Bonchev–Trinajstić information content (AvgIpc) is 2.46. The van der Waals surface area contributed by atoms with Gasteiger partial charge in [-0.2, -0.15) is 0 Å². The van der Waals surface area contributed by atoms with Gasteiger partial charge in [-0.3, -0.25) is 0 Å². The Morgan fingerprint density at radius 3 is 2.30 bits per heavy atom. The number of hydrogen-bond donors (Lipinski definition) is 2. The molecule has 100 valence electrons. The minimum absolute atomic E-state index is 0.323. The Labute approximate surface area is 114 Å². The van der Waals surface area contributed by atoms with Gasteiger partial charge in [0.25, 0.3) is 0 Å². The van der Waals surface area contributed by atoms with Crippen LogP contribution in [-0.4, -0.2) is 4.98 Å². The van der Waals surface area contributed by atoms with Crippen molar-refractivity contribution in [1.82, 2.24) is 4.98 Å². The molecule has 0 aliphatic heterocycles. The summed E-state index contributed by atoms with van der Waals surface area (Å²) in [6, 6.07) is 12.0. The largest absolute Gasteiger partial charge is 0.308 e. The van der Waals surface area contributed by atoms with E-state index < -0.39 is 0 Å². The molecule has 5 heteroatoms. The molecule has 0 unspecified atom stereocenters. The zero-order valence-electron chi connectivity index (χ0n) is 10.4. The third-order valence-electron chi connectivity index (χ3n) is 3.07. The van der Waals surface area contributed by atoms with Crippen LogP contribution >= 0.6 is 0 Å². The minimum atomic E-state index is -0.335. The molecular formula is C15H11F2N3. The lowest BCUT2D eigenvalue weighted by molar-refractivity contribution is 0.628. The van der Waals surface area contributed by atoms with Crippen molar-refractivity contribution in [2.45, 2.75) is 0 Å². The Balaban J connectivity index is 2.24. The van der Waals surface area contributed by atoms with Crippen LogP contribution < -0.4 is 11.3 Å². The van der Waals surface area contributed by atoms with Gasteiger partial charge in [-0.15, -0.1) is 0 Å². The summed E-state index contributed by atoms with van der Waals surface area (Å²) < 4.78 is 26.3. The van der Waals surface area contributed by atoms with Gasteiger partial charge in [0.15, 0.2) is 0 Å². The summed E-state index contributed by atoms with van der Waals surface area (Å²) in [5.41, 5.74) is 4.58. The van der Waals surface area contributed by atoms with Gasteiger partial charge < -0.3 is 5.43 Å². The molecule has 1 aromatic heterocycles. The summed E-state index contributed by atoms with van der Waals surface area (Å²) in [4.78, 5) is 4.34. The number of hydrogen-bond acceptors (Lipinski definition) is 3. The fraction of sp³-hybridized carbons (Fsp3) is 0. The van der Waals surface area contributed by atoms with Gasteiger partial charge in [0.1, 0.15) is 17.5 Å². The summed E-state index contributed by atoms with van der Waals surface area (Å²) in [5, 5.41) is 0.656. The Morgan fingerprint density at radius 2 is 1.60 bits per heavy atom. The maximum atomic E-state index is 13.3. The van der Waals surface area contributed by atoms with Crippen LogP contribution in [0.3, 0.4) is 0 Å². The molecule has 0 aliphatic rings. The zero-order chi connectivity index (χ0) is 14.1. The van der Waals surface area contributed by atoms with Crippen LogP contribution in [0.15, 0.2) is 48.5 Å². The normalized spacial score (nSPS) is 10.8. The Kier molecular flexibility index (Phi) is 3.04. The van der Waals surface area contributed by atoms with Crippen molar-refractivity contribution in [1.29, 1.82) is 0 Å². The Bertz CT molecular complexity index is 770. The summed E-state index contributed by atoms with van der Waals surface area (Å²) in [7, 11) is 0. The number of fused-ring (bicyclic) bond motifs is 1. The molecule has 0 radical (unpaired) electrons. The number of anilines is 1. The number of nitrogens with one attached hydrogen (secondary N) is 1. The molecular weight excluding hydrogens is 260 g/mol. The van der Waals surface area contributed by atoms with Crippen molar-refractivity contribution in [3.05, 3.63) is 60.2 Å². The molecule has 3 N–H and O–H groups in total. The van der Waals surface area contributed by atoms with E-state index in [9.17, 15) is 8.78 Å². The third kappa shape index (κ3) is 2.19. The molecule has 0 saturated carbocycles. The number of halogens is 2. The van der Waals surface area contributed by atoms with E-state index in [-0.39, 0.29) is 11.6 Å². The van der Waals surface area contributed by atoms with E-state index in [2.05, 4.69) is 10.4 Å². The number of nitrogens with zero attached hydrogens (tertiary/aromatic N) is 1. The number of aromatic nitrogens is 1. The first kappa shape index (κ1) is 12.5. The van der Waals surface area contributed by atoms with Crippen molar-refractivity contribution in [2.75, 3.05) is 5.43 Å². The van der Waals surface area contributed by atoms with Crippen LogP contribution in [0.1, 0.15) is 0 Å². The molecule has 0 amide bonds. The average molecular weight is 271 g/mol. The van der Waals surface area contributed by atoms with E-state index in [0.717, 1.165) is 5.56 Å². The molecule has 1 heterocycles. The van der Waals surface area contributed by atoms with Crippen molar-refractivity contribution in [2.24, 2.45) is 5.84 Å². The standard InChI is InChI=1S/C15H11F2N3/c16-11-3-1-9(2-4-11)13-8-10-7-12(17)5-6-14(10)19-15(13)20-18/h1-8H,18H2,(H,19,20). The predicted molar refractivity (Wildman–Crippen MR) is 74.9 cm³/mol. The number of pyridine rings is 1. The highest BCUT2D eigenvalue weighted by Gasteiger charge is 2.09. The van der Waals surface area contributed by atoms with E-state index in [1.54, 1.807) is 24.3 Å². The predicted octanol–water partition coefficient (Wildman–Crippen LogP) is 3.47. The smallest absolute Gasteiger partial charge is 0.148 e. The van der Waals surface area contributed by atoms with E-state index in [1.165, 1.54) is 24.3 Å². The monoisotopic (exact) mass is 271 g/mol. The Hall–Kier alpha value is -2.53. The highest BCUT2D eigenvalue weighted by Crippen LogP contribution is 2.30. The van der Waals surface area contributed by atoms with Crippen molar-refractivity contribution < 1.29 is 8.78 Å². The van der Waals surface area contributed by atoms with Crippen LogP contribution in [0.25, 0.3) is 22.0 Å². The maximum Gasteiger partial charge on any atom is 0.148 e. The molecule has 3 rings (SSSR count). The van der Waals surface area contributed by atoms with Crippen LogP contribution in [0, 0.1) is 11.6 Å². The first-order valence-corrected chi connectivity index (χ1v) is 6.00. The van der Waals surface area contributed by atoms with Gasteiger partial charge in [-0.05, 0) is 42.0 Å². The van der Waals surface area contributed by atoms with E-state index in [0.29, 0.717) is 22.3 Å². The van der Waals surface area contributed by atoms with E-state index in [4.69, 9.17) is 5.84 Å². The van der Waals surface area contributed by atoms with Gasteiger partial charge in [0, 0.05) is 10.9 Å². The molecule has 2 aromatic carbocycles. The number of nitrogens with two attached hydrogens (primary N) is 1. The topological polar surface area (TPSA) is 50.9 Å². The van der Waals surface area contributed by atoms with Gasteiger partial charge in [-0.1, -0.05) is 12.1 Å². The highest BCUT2D eigenvalue weighted by molar-refractivity contribution is 5.89. The molecule has 20 heavy (non-hydrogen) atoms. The van der Waals surface area contributed by atoms with Crippen LogP contribution in [0.5, 0.6) is 0 Å². The first-order valence-electron chi connectivity index (χ1n) is 6.00. The summed E-state index contributed by atoms with van der Waals surface area (Å²) >= 11 is 0. The fourth-order valence-corrected chi connectivity index (χ4v) is 2.11. The molecule has 3 nitrogen and oxygen atoms in total. The molecule has 0 saturated heterocycles. The fourth-order valence-electron chi connectivity index (χ4n) is 2.11. The lowest BCUT2D eigenvalue weighted by atomic mass is 10.0. The van der Waals surface area contributed by atoms with Crippen LogP contribution in [0.2, 0.25) is 0 Å². The molecule has 0 fully saturated rings. The van der Waals surface area contributed by atoms with Gasteiger partial charge in [0.05, 0.1) is 5.52 Å². The van der Waals surface area contributed by atoms with Gasteiger partial charge >= 0.3 is 0 Å². The Morgan fingerprint density at radius 1 is 0.900 bits per heavy atom. The second-order valence-electron chi connectivity index (χ2n) is 4.37. The van der Waals surface area contributed by atoms with Gasteiger partial charge in [0.2, 0.25) is 0 Å².